The number of rotatable bonds is 3. The number of carbonyl (C=O) groups excluding carboxylic acids is 1. The molecule has 2 aromatic heterocycles. The number of aromatic amines is 1. The minimum absolute atomic E-state index is 0.105. The highest BCUT2D eigenvalue weighted by molar-refractivity contribution is 9.10. The molecule has 0 aliphatic heterocycles. The van der Waals surface area contributed by atoms with Crippen LogP contribution in [0.4, 0.5) is 0 Å². The molecule has 0 unspecified atom stereocenters. The summed E-state index contributed by atoms with van der Waals surface area (Å²) < 4.78 is 1.03. The quantitative estimate of drug-likeness (QED) is 0.915. The van der Waals surface area contributed by atoms with Crippen molar-refractivity contribution in [3.63, 3.8) is 0 Å². The second kappa shape index (κ2) is 4.80. The third kappa shape index (κ3) is 2.33. The van der Waals surface area contributed by atoms with Gasteiger partial charge in [0.1, 0.15) is 0 Å². The van der Waals surface area contributed by atoms with Crippen LogP contribution in [0.1, 0.15) is 20.9 Å². The summed E-state index contributed by atoms with van der Waals surface area (Å²) in [6, 6.07) is 1.97. The number of nitrogens with zero attached hydrogens (tertiary/aromatic N) is 1. The van der Waals surface area contributed by atoms with Gasteiger partial charge in [0.2, 0.25) is 0 Å². The van der Waals surface area contributed by atoms with Gasteiger partial charge >= 0.3 is 0 Å². The van der Waals surface area contributed by atoms with E-state index in [0.717, 1.165) is 15.0 Å². The molecule has 0 fully saturated rings. The van der Waals surface area contributed by atoms with E-state index in [4.69, 9.17) is 0 Å². The van der Waals surface area contributed by atoms with Crippen LogP contribution in [0, 0.1) is 6.92 Å². The predicted octanol–water partition coefficient (Wildman–Crippen LogP) is 2.47. The highest BCUT2D eigenvalue weighted by Gasteiger charge is 2.11. The maximum absolute atomic E-state index is 11.8. The van der Waals surface area contributed by atoms with Crippen molar-refractivity contribution in [1.82, 2.24) is 15.5 Å². The van der Waals surface area contributed by atoms with Crippen molar-refractivity contribution in [2.75, 3.05) is 0 Å². The second-order valence-electron chi connectivity index (χ2n) is 3.28. The van der Waals surface area contributed by atoms with E-state index in [-0.39, 0.29) is 5.91 Å². The number of nitrogens with one attached hydrogen (secondary N) is 2. The first-order chi connectivity index (χ1) is 7.68. The van der Waals surface area contributed by atoms with E-state index in [0.29, 0.717) is 12.1 Å². The lowest BCUT2D eigenvalue weighted by Crippen LogP contribution is -2.22. The Morgan fingerprint density at radius 2 is 2.50 bits per heavy atom. The Hall–Kier alpha value is -1.14. The molecule has 0 bridgehead atoms. The molecule has 0 aliphatic carbocycles. The Bertz CT molecular complexity index is 506. The van der Waals surface area contributed by atoms with Crippen molar-refractivity contribution in [2.45, 2.75) is 13.5 Å². The number of thiophene rings is 1. The maximum Gasteiger partial charge on any atom is 0.255 e. The predicted molar refractivity (Wildman–Crippen MR) is 66.5 cm³/mol. The van der Waals surface area contributed by atoms with Crippen molar-refractivity contribution in [3.05, 3.63) is 38.3 Å². The number of H-pyrrole nitrogens is 1. The summed E-state index contributed by atoms with van der Waals surface area (Å²) in [5.41, 5.74) is 1.37. The van der Waals surface area contributed by atoms with Gasteiger partial charge in [-0.3, -0.25) is 9.89 Å². The lowest BCUT2D eigenvalue weighted by Gasteiger charge is -2.02. The fourth-order valence-corrected chi connectivity index (χ4v) is 2.72. The smallest absolute Gasteiger partial charge is 0.255 e. The zero-order valence-electron chi connectivity index (χ0n) is 8.58. The van der Waals surface area contributed by atoms with Gasteiger partial charge in [-0.05, 0) is 34.3 Å². The molecule has 2 aromatic rings. The third-order valence-electron chi connectivity index (χ3n) is 2.18. The standard InChI is InChI=1S/C10H10BrN3OS/c1-6-7(4-13-14-6)10(15)12-5-9-8(11)2-3-16-9/h2-4H,5H2,1H3,(H,12,15)(H,13,14). The van der Waals surface area contributed by atoms with E-state index < -0.39 is 0 Å². The highest BCUT2D eigenvalue weighted by atomic mass is 79.9. The zero-order chi connectivity index (χ0) is 11.5. The highest BCUT2D eigenvalue weighted by Crippen LogP contribution is 2.22. The molecule has 0 spiro atoms. The van der Waals surface area contributed by atoms with Gasteiger partial charge in [0.15, 0.2) is 0 Å². The molecule has 0 aromatic carbocycles. The average Bonchev–Trinajstić information content (AvgIpc) is 2.84. The van der Waals surface area contributed by atoms with E-state index in [1.54, 1.807) is 11.3 Å². The molecule has 0 aliphatic rings. The molecular formula is C10H10BrN3OS. The summed E-state index contributed by atoms with van der Waals surface area (Å²) >= 11 is 5.03. The molecule has 16 heavy (non-hydrogen) atoms. The minimum Gasteiger partial charge on any atom is -0.347 e. The number of hydrogen-bond acceptors (Lipinski definition) is 3. The van der Waals surface area contributed by atoms with Crippen LogP contribution in [0.15, 0.2) is 22.1 Å². The molecule has 0 radical (unpaired) electrons. The Morgan fingerprint density at radius 3 is 3.06 bits per heavy atom. The first-order valence-corrected chi connectivity index (χ1v) is 6.36. The van der Waals surface area contributed by atoms with Gasteiger partial charge in [0.05, 0.1) is 18.3 Å². The molecule has 84 valence electrons. The summed E-state index contributed by atoms with van der Waals surface area (Å²) in [6.07, 6.45) is 1.54. The average molecular weight is 300 g/mol. The van der Waals surface area contributed by atoms with Crippen LogP contribution in [0.2, 0.25) is 0 Å². The summed E-state index contributed by atoms with van der Waals surface area (Å²) in [4.78, 5) is 12.9. The number of aromatic nitrogens is 2. The number of aryl methyl sites for hydroxylation is 1. The summed E-state index contributed by atoms with van der Waals surface area (Å²) in [6.45, 7) is 2.35. The molecule has 0 saturated carbocycles. The molecule has 2 heterocycles. The monoisotopic (exact) mass is 299 g/mol. The lowest BCUT2D eigenvalue weighted by molar-refractivity contribution is 0.0950. The molecule has 0 saturated heterocycles. The number of hydrogen-bond donors (Lipinski definition) is 2. The topological polar surface area (TPSA) is 57.8 Å². The van der Waals surface area contributed by atoms with Gasteiger partial charge < -0.3 is 5.32 Å². The van der Waals surface area contributed by atoms with Crippen molar-refractivity contribution >= 4 is 33.2 Å². The van der Waals surface area contributed by atoms with Crippen molar-refractivity contribution in [3.8, 4) is 0 Å². The number of amides is 1. The van der Waals surface area contributed by atoms with E-state index in [1.807, 2.05) is 18.4 Å². The van der Waals surface area contributed by atoms with Crippen LogP contribution in [-0.4, -0.2) is 16.1 Å². The van der Waals surface area contributed by atoms with Gasteiger partial charge in [0, 0.05) is 15.0 Å². The Morgan fingerprint density at radius 1 is 1.69 bits per heavy atom. The van der Waals surface area contributed by atoms with E-state index in [2.05, 4.69) is 31.4 Å². The summed E-state index contributed by atoms with van der Waals surface area (Å²) in [7, 11) is 0. The second-order valence-corrected chi connectivity index (χ2v) is 5.14. The summed E-state index contributed by atoms with van der Waals surface area (Å²) in [5.74, 6) is -0.105. The molecule has 2 rings (SSSR count). The van der Waals surface area contributed by atoms with Crippen LogP contribution in [0.3, 0.4) is 0 Å². The van der Waals surface area contributed by atoms with Gasteiger partial charge in [-0.15, -0.1) is 11.3 Å². The number of halogens is 1. The van der Waals surface area contributed by atoms with Crippen LogP contribution >= 0.6 is 27.3 Å². The third-order valence-corrected chi connectivity index (χ3v) is 4.10. The van der Waals surface area contributed by atoms with Crippen LogP contribution in [0.5, 0.6) is 0 Å². The Labute approximate surface area is 105 Å². The first kappa shape index (κ1) is 11.3. The normalized spacial score (nSPS) is 10.4. The van der Waals surface area contributed by atoms with Crippen LogP contribution in [0.25, 0.3) is 0 Å². The van der Waals surface area contributed by atoms with Crippen LogP contribution < -0.4 is 5.32 Å². The molecule has 1 amide bonds. The van der Waals surface area contributed by atoms with Crippen LogP contribution in [-0.2, 0) is 6.54 Å². The maximum atomic E-state index is 11.8. The fourth-order valence-electron chi connectivity index (χ4n) is 1.29. The van der Waals surface area contributed by atoms with E-state index >= 15 is 0 Å². The Kier molecular flexibility index (Phi) is 3.40. The van der Waals surface area contributed by atoms with E-state index in [9.17, 15) is 4.79 Å². The lowest BCUT2D eigenvalue weighted by atomic mass is 10.2. The van der Waals surface area contributed by atoms with Crippen molar-refractivity contribution in [2.24, 2.45) is 0 Å². The van der Waals surface area contributed by atoms with Gasteiger partial charge in [-0.1, -0.05) is 0 Å². The van der Waals surface area contributed by atoms with Gasteiger partial charge in [-0.25, -0.2) is 0 Å². The summed E-state index contributed by atoms with van der Waals surface area (Å²) in [5, 5.41) is 11.4. The number of carbonyl (C=O) groups is 1. The minimum atomic E-state index is -0.105. The largest absolute Gasteiger partial charge is 0.347 e. The SMILES string of the molecule is Cc1[nH]ncc1C(=O)NCc1sccc1Br. The molecule has 2 N–H and O–H groups in total. The van der Waals surface area contributed by atoms with E-state index in [1.165, 1.54) is 6.20 Å². The molecule has 6 heteroatoms. The van der Waals surface area contributed by atoms with Gasteiger partial charge in [0.25, 0.3) is 5.91 Å². The first-order valence-electron chi connectivity index (χ1n) is 4.68. The molecule has 4 nitrogen and oxygen atoms in total. The molecular weight excluding hydrogens is 290 g/mol. The Balaban J connectivity index is 1.99. The molecule has 0 atom stereocenters. The zero-order valence-corrected chi connectivity index (χ0v) is 11.0. The van der Waals surface area contributed by atoms with Crippen molar-refractivity contribution in [1.29, 1.82) is 0 Å². The van der Waals surface area contributed by atoms with Gasteiger partial charge in [-0.2, -0.15) is 5.10 Å². The fraction of sp³-hybridized carbons (Fsp3) is 0.200. The van der Waals surface area contributed by atoms with Crippen molar-refractivity contribution < 1.29 is 4.79 Å².